The van der Waals surface area contributed by atoms with Gasteiger partial charge in [-0.15, -0.1) is 0 Å². The Kier molecular flexibility index (Phi) is 3.40. The SMILES string of the molecule is Nc1cc(N2CC(C(=O)O)CC2=O)ccc1S(=O)(=O)O. The Morgan fingerprint density at radius 3 is 2.50 bits per heavy atom. The number of hydrogen-bond acceptors (Lipinski definition) is 5. The third kappa shape index (κ3) is 2.58. The fourth-order valence-electron chi connectivity index (χ4n) is 2.06. The van der Waals surface area contributed by atoms with Gasteiger partial charge in [0.15, 0.2) is 0 Å². The van der Waals surface area contributed by atoms with E-state index in [1.165, 1.54) is 17.0 Å². The number of benzene rings is 1. The zero-order valence-corrected chi connectivity index (χ0v) is 11.0. The number of nitrogens with zero attached hydrogens (tertiary/aromatic N) is 1. The van der Waals surface area contributed by atoms with Gasteiger partial charge in [0.1, 0.15) is 4.90 Å². The summed E-state index contributed by atoms with van der Waals surface area (Å²) < 4.78 is 30.9. The summed E-state index contributed by atoms with van der Waals surface area (Å²) in [5, 5.41) is 8.89. The molecule has 1 unspecified atom stereocenters. The van der Waals surface area contributed by atoms with Crippen molar-refractivity contribution in [1.29, 1.82) is 0 Å². The second-order valence-electron chi connectivity index (χ2n) is 4.44. The lowest BCUT2D eigenvalue weighted by Gasteiger charge is -2.17. The molecule has 0 saturated carbocycles. The molecule has 0 radical (unpaired) electrons. The van der Waals surface area contributed by atoms with Crippen molar-refractivity contribution >= 4 is 33.4 Å². The Bertz CT molecular complexity index is 684. The van der Waals surface area contributed by atoms with E-state index in [9.17, 15) is 18.0 Å². The summed E-state index contributed by atoms with van der Waals surface area (Å²) in [7, 11) is -4.43. The number of aliphatic carboxylic acids is 1. The molecular formula is C11H12N2O6S. The van der Waals surface area contributed by atoms with Crippen LogP contribution in [-0.4, -0.2) is 36.5 Å². The summed E-state index contributed by atoms with van der Waals surface area (Å²) >= 11 is 0. The van der Waals surface area contributed by atoms with Crippen LogP contribution in [-0.2, 0) is 19.7 Å². The minimum Gasteiger partial charge on any atom is -0.481 e. The van der Waals surface area contributed by atoms with Crippen molar-refractivity contribution in [3.63, 3.8) is 0 Å². The Hall–Kier alpha value is -2.13. The van der Waals surface area contributed by atoms with Crippen molar-refractivity contribution in [3.05, 3.63) is 18.2 Å². The number of carbonyl (C=O) groups is 2. The predicted molar refractivity (Wildman–Crippen MR) is 68.8 cm³/mol. The molecule has 1 aliphatic heterocycles. The molecule has 0 spiro atoms. The lowest BCUT2D eigenvalue weighted by molar-refractivity contribution is -0.141. The van der Waals surface area contributed by atoms with E-state index in [1.807, 2.05) is 0 Å². The zero-order valence-electron chi connectivity index (χ0n) is 10.2. The van der Waals surface area contributed by atoms with Gasteiger partial charge in [-0.25, -0.2) is 0 Å². The molecule has 2 rings (SSSR count). The molecule has 1 heterocycles. The summed E-state index contributed by atoms with van der Waals surface area (Å²) in [5.74, 6) is -2.25. The average Bonchev–Trinajstić information content (AvgIpc) is 2.69. The lowest BCUT2D eigenvalue weighted by Crippen LogP contribution is -2.26. The van der Waals surface area contributed by atoms with E-state index in [2.05, 4.69) is 0 Å². The molecular weight excluding hydrogens is 288 g/mol. The standard InChI is InChI=1S/C11H12N2O6S/c12-8-4-7(1-2-9(8)20(17,18)19)13-5-6(11(15)16)3-10(13)14/h1-2,4,6H,3,5,12H2,(H,15,16)(H,17,18,19). The van der Waals surface area contributed by atoms with Crippen LogP contribution in [0.15, 0.2) is 23.1 Å². The van der Waals surface area contributed by atoms with Crippen LogP contribution < -0.4 is 10.6 Å². The molecule has 1 fully saturated rings. The number of rotatable bonds is 3. The summed E-state index contributed by atoms with van der Waals surface area (Å²) in [4.78, 5) is 23.4. The quantitative estimate of drug-likeness (QED) is 0.525. The van der Waals surface area contributed by atoms with Gasteiger partial charge in [-0.3, -0.25) is 14.1 Å². The van der Waals surface area contributed by atoms with E-state index < -0.39 is 26.9 Å². The Labute approximate surface area is 114 Å². The fraction of sp³-hybridized carbons (Fsp3) is 0.273. The highest BCUT2D eigenvalue weighted by molar-refractivity contribution is 7.86. The minimum absolute atomic E-state index is 0.00116. The monoisotopic (exact) mass is 300 g/mol. The van der Waals surface area contributed by atoms with Gasteiger partial charge in [0.2, 0.25) is 5.91 Å². The molecule has 1 aromatic rings. The molecule has 1 aliphatic rings. The van der Waals surface area contributed by atoms with Crippen molar-refractivity contribution in [2.45, 2.75) is 11.3 Å². The summed E-state index contributed by atoms with van der Waals surface area (Å²) in [6, 6.07) is 3.58. The van der Waals surface area contributed by atoms with Crippen molar-refractivity contribution in [3.8, 4) is 0 Å². The van der Waals surface area contributed by atoms with E-state index in [0.29, 0.717) is 5.69 Å². The average molecular weight is 300 g/mol. The van der Waals surface area contributed by atoms with Gasteiger partial charge in [0.25, 0.3) is 10.1 Å². The van der Waals surface area contributed by atoms with Crippen LogP contribution >= 0.6 is 0 Å². The third-order valence-corrected chi connectivity index (χ3v) is 3.98. The first kappa shape index (κ1) is 14.3. The third-order valence-electron chi connectivity index (χ3n) is 3.06. The summed E-state index contributed by atoms with van der Waals surface area (Å²) in [6.07, 6.45) is -0.116. The molecule has 0 bridgehead atoms. The Morgan fingerprint density at radius 1 is 1.40 bits per heavy atom. The minimum atomic E-state index is -4.43. The normalized spacial score (nSPS) is 19.4. The van der Waals surface area contributed by atoms with E-state index in [1.54, 1.807) is 0 Å². The van der Waals surface area contributed by atoms with E-state index in [4.69, 9.17) is 15.4 Å². The summed E-state index contributed by atoms with van der Waals surface area (Å²) in [6.45, 7) is -0.00116. The van der Waals surface area contributed by atoms with Crippen LogP contribution in [0.3, 0.4) is 0 Å². The topological polar surface area (TPSA) is 138 Å². The number of carboxylic acids is 1. The second-order valence-corrected chi connectivity index (χ2v) is 5.83. The van der Waals surface area contributed by atoms with Crippen LogP contribution in [0.25, 0.3) is 0 Å². The van der Waals surface area contributed by atoms with E-state index in [0.717, 1.165) is 6.07 Å². The molecule has 8 nitrogen and oxygen atoms in total. The zero-order chi connectivity index (χ0) is 15.1. The fourth-order valence-corrected chi connectivity index (χ4v) is 2.66. The second kappa shape index (κ2) is 4.76. The molecule has 1 saturated heterocycles. The molecule has 1 aromatic carbocycles. The van der Waals surface area contributed by atoms with Crippen molar-refractivity contribution in [2.75, 3.05) is 17.2 Å². The van der Waals surface area contributed by atoms with Crippen LogP contribution in [0.1, 0.15) is 6.42 Å². The van der Waals surface area contributed by atoms with Crippen molar-refractivity contribution < 1.29 is 27.7 Å². The van der Waals surface area contributed by atoms with Gasteiger partial charge in [-0.1, -0.05) is 0 Å². The highest BCUT2D eigenvalue weighted by atomic mass is 32.2. The lowest BCUT2D eigenvalue weighted by atomic mass is 10.1. The van der Waals surface area contributed by atoms with E-state index in [-0.39, 0.29) is 24.6 Å². The summed E-state index contributed by atoms with van der Waals surface area (Å²) in [5.41, 5.74) is 5.61. The number of amides is 1. The molecule has 108 valence electrons. The number of nitrogens with two attached hydrogens (primary N) is 1. The molecule has 1 atom stereocenters. The van der Waals surface area contributed by atoms with Crippen LogP contribution in [0.2, 0.25) is 0 Å². The molecule has 0 aromatic heterocycles. The van der Waals surface area contributed by atoms with Crippen LogP contribution in [0, 0.1) is 5.92 Å². The van der Waals surface area contributed by atoms with Gasteiger partial charge in [-0.05, 0) is 18.2 Å². The van der Waals surface area contributed by atoms with Gasteiger partial charge < -0.3 is 15.7 Å². The first-order chi connectivity index (χ1) is 9.20. The number of hydrogen-bond donors (Lipinski definition) is 3. The first-order valence-electron chi connectivity index (χ1n) is 5.60. The highest BCUT2D eigenvalue weighted by Crippen LogP contribution is 2.29. The first-order valence-corrected chi connectivity index (χ1v) is 7.04. The number of carbonyl (C=O) groups excluding carboxylic acids is 1. The predicted octanol–water partition coefficient (Wildman–Crippen LogP) is -0.0470. The number of carboxylic acid groups (broad SMARTS) is 1. The van der Waals surface area contributed by atoms with Crippen molar-refractivity contribution in [1.82, 2.24) is 0 Å². The maximum absolute atomic E-state index is 11.7. The van der Waals surface area contributed by atoms with Gasteiger partial charge in [0, 0.05) is 18.7 Å². The van der Waals surface area contributed by atoms with Crippen LogP contribution in [0.4, 0.5) is 11.4 Å². The van der Waals surface area contributed by atoms with Crippen LogP contribution in [0.5, 0.6) is 0 Å². The van der Waals surface area contributed by atoms with Crippen molar-refractivity contribution in [2.24, 2.45) is 5.92 Å². The number of nitrogen functional groups attached to an aromatic ring is 1. The van der Waals surface area contributed by atoms with E-state index >= 15 is 0 Å². The smallest absolute Gasteiger partial charge is 0.308 e. The molecule has 4 N–H and O–H groups in total. The number of anilines is 2. The van der Waals surface area contributed by atoms with Gasteiger partial charge in [-0.2, -0.15) is 8.42 Å². The molecule has 0 aliphatic carbocycles. The maximum Gasteiger partial charge on any atom is 0.308 e. The molecule has 20 heavy (non-hydrogen) atoms. The maximum atomic E-state index is 11.7. The molecule has 1 amide bonds. The Morgan fingerprint density at radius 2 is 2.05 bits per heavy atom. The molecule has 9 heteroatoms. The highest BCUT2D eigenvalue weighted by Gasteiger charge is 2.35. The largest absolute Gasteiger partial charge is 0.481 e. The Balaban J connectivity index is 2.34. The van der Waals surface area contributed by atoms with Gasteiger partial charge in [0.05, 0.1) is 11.6 Å². The van der Waals surface area contributed by atoms with Gasteiger partial charge >= 0.3 is 5.97 Å².